The molecule has 3 unspecified atom stereocenters. The molecule has 5 N–H and O–H groups in total. The van der Waals surface area contributed by atoms with E-state index in [0.717, 1.165) is 28.1 Å². The molecule has 3 aromatic rings. The van der Waals surface area contributed by atoms with Gasteiger partial charge in [-0.25, -0.2) is 15.4 Å². The number of hydrogen-bond donors (Lipinski definition) is 4. The summed E-state index contributed by atoms with van der Waals surface area (Å²) in [6.45, 7) is 6.14. The number of thiazole rings is 1. The number of amides is 1. The molecule has 2 aliphatic rings. The number of nitrogens with one attached hydrogen (secondary N) is 2. The fraction of sp³-hybridized carbons (Fsp3) is 0.417. The number of nitrogen functional groups attached to an aromatic ring is 1. The predicted octanol–water partition coefficient (Wildman–Crippen LogP) is 3.18. The SMILES string of the molecule is CCC(C(=O)O)c1csc(NC(=O)C2CC3NN(Cc4ncc(C)c(OC)c4C)c4nc(N)nc(c43)S2)n1. The number of rotatable bonds is 8. The minimum atomic E-state index is -0.936. The van der Waals surface area contributed by atoms with E-state index in [1.807, 2.05) is 18.9 Å². The Morgan fingerprint density at radius 2 is 2.13 bits per heavy atom. The first-order valence-electron chi connectivity index (χ1n) is 12.1. The molecule has 0 saturated carbocycles. The van der Waals surface area contributed by atoms with Crippen LogP contribution in [0.25, 0.3) is 0 Å². The molecule has 1 amide bonds. The average Bonchev–Trinajstić information content (AvgIpc) is 3.46. The average molecular weight is 557 g/mol. The minimum Gasteiger partial charge on any atom is -0.496 e. The molecule has 5 heterocycles. The van der Waals surface area contributed by atoms with Crippen molar-refractivity contribution < 1.29 is 19.4 Å². The third-order valence-corrected chi connectivity index (χ3v) is 8.69. The van der Waals surface area contributed by atoms with E-state index in [1.54, 1.807) is 25.6 Å². The summed E-state index contributed by atoms with van der Waals surface area (Å²) >= 11 is 2.55. The van der Waals surface area contributed by atoms with Gasteiger partial charge in [0, 0.05) is 28.3 Å². The number of hydrogen-bond acceptors (Lipinski definition) is 12. The van der Waals surface area contributed by atoms with E-state index in [-0.39, 0.29) is 17.9 Å². The first kappa shape index (κ1) is 26.1. The molecule has 0 aliphatic carbocycles. The number of ether oxygens (including phenoxy) is 1. The van der Waals surface area contributed by atoms with Crippen LogP contribution in [0.3, 0.4) is 0 Å². The van der Waals surface area contributed by atoms with Crippen molar-refractivity contribution in [1.29, 1.82) is 0 Å². The first-order chi connectivity index (χ1) is 18.2. The molecule has 0 aromatic carbocycles. The van der Waals surface area contributed by atoms with Gasteiger partial charge in [-0.1, -0.05) is 18.7 Å². The van der Waals surface area contributed by atoms with Gasteiger partial charge in [0.15, 0.2) is 10.9 Å². The Hall–Kier alpha value is -3.49. The van der Waals surface area contributed by atoms with Gasteiger partial charge >= 0.3 is 5.97 Å². The zero-order chi connectivity index (χ0) is 27.1. The fourth-order valence-corrected chi connectivity index (χ4v) is 6.79. The maximum absolute atomic E-state index is 13.2. The smallest absolute Gasteiger partial charge is 0.312 e. The van der Waals surface area contributed by atoms with Gasteiger partial charge in [0.25, 0.3) is 0 Å². The van der Waals surface area contributed by atoms with Crippen molar-refractivity contribution in [3.8, 4) is 5.75 Å². The van der Waals surface area contributed by atoms with Gasteiger partial charge in [-0.15, -0.1) is 11.3 Å². The van der Waals surface area contributed by atoms with Gasteiger partial charge in [0.1, 0.15) is 10.8 Å². The Morgan fingerprint density at radius 3 is 2.84 bits per heavy atom. The molecule has 0 bridgehead atoms. The van der Waals surface area contributed by atoms with E-state index in [4.69, 9.17) is 10.5 Å². The number of aromatic nitrogens is 4. The third kappa shape index (κ3) is 4.74. The van der Waals surface area contributed by atoms with E-state index >= 15 is 0 Å². The molecule has 3 aromatic heterocycles. The van der Waals surface area contributed by atoms with Crippen molar-refractivity contribution in [2.24, 2.45) is 0 Å². The topological polar surface area (TPSA) is 168 Å². The van der Waals surface area contributed by atoms with Crippen LogP contribution in [0, 0.1) is 13.8 Å². The maximum Gasteiger partial charge on any atom is 0.312 e. The van der Waals surface area contributed by atoms with Crippen molar-refractivity contribution in [2.75, 3.05) is 23.2 Å². The highest BCUT2D eigenvalue weighted by atomic mass is 32.2. The highest BCUT2D eigenvalue weighted by Crippen LogP contribution is 2.47. The molecule has 0 radical (unpaired) electrons. The van der Waals surface area contributed by atoms with E-state index in [2.05, 4.69) is 30.7 Å². The Bertz CT molecular complexity index is 1410. The summed E-state index contributed by atoms with van der Waals surface area (Å²) in [7, 11) is 1.64. The number of carbonyl (C=O) groups is 2. The van der Waals surface area contributed by atoms with E-state index < -0.39 is 17.1 Å². The second-order valence-electron chi connectivity index (χ2n) is 9.15. The van der Waals surface area contributed by atoms with Gasteiger partial charge in [0.2, 0.25) is 11.9 Å². The van der Waals surface area contributed by atoms with Gasteiger partial charge in [0.05, 0.1) is 42.3 Å². The second-order valence-corrected chi connectivity index (χ2v) is 11.2. The first-order valence-corrected chi connectivity index (χ1v) is 13.8. The van der Waals surface area contributed by atoms with Gasteiger partial charge in [-0.05, 0) is 26.7 Å². The van der Waals surface area contributed by atoms with Crippen LogP contribution in [-0.2, 0) is 16.1 Å². The highest BCUT2D eigenvalue weighted by Gasteiger charge is 2.42. The van der Waals surface area contributed by atoms with Gasteiger partial charge in [-0.3, -0.25) is 19.6 Å². The molecular weight excluding hydrogens is 528 g/mol. The fourth-order valence-electron chi connectivity index (χ4n) is 4.80. The molecule has 0 fully saturated rings. The zero-order valence-corrected chi connectivity index (χ0v) is 22.9. The summed E-state index contributed by atoms with van der Waals surface area (Å²) in [5.74, 6) is -0.280. The number of thioether (sulfide) groups is 1. The lowest BCUT2D eigenvalue weighted by molar-refractivity contribution is -0.138. The molecular formula is C24H28N8O4S2. The van der Waals surface area contributed by atoms with E-state index in [9.17, 15) is 14.7 Å². The van der Waals surface area contributed by atoms with Gasteiger partial charge < -0.3 is 20.9 Å². The van der Waals surface area contributed by atoms with Crippen LogP contribution in [0.4, 0.5) is 16.9 Å². The van der Waals surface area contributed by atoms with Crippen molar-refractivity contribution >= 4 is 51.9 Å². The molecule has 38 heavy (non-hydrogen) atoms. The summed E-state index contributed by atoms with van der Waals surface area (Å²) in [5, 5.41) is 16.4. The van der Waals surface area contributed by atoms with Crippen molar-refractivity contribution in [3.63, 3.8) is 0 Å². The minimum absolute atomic E-state index is 0.120. The van der Waals surface area contributed by atoms with Crippen LogP contribution < -0.4 is 26.2 Å². The number of nitrogens with two attached hydrogens (primary N) is 1. The number of carboxylic acids is 1. The van der Waals surface area contributed by atoms with Crippen LogP contribution in [-0.4, -0.2) is 49.3 Å². The van der Waals surface area contributed by atoms with Crippen molar-refractivity contribution in [3.05, 3.63) is 39.7 Å². The van der Waals surface area contributed by atoms with Crippen LogP contribution in [0.15, 0.2) is 16.6 Å². The Labute approximate surface area is 227 Å². The van der Waals surface area contributed by atoms with Crippen LogP contribution >= 0.6 is 23.1 Å². The molecule has 14 heteroatoms. The molecule has 12 nitrogen and oxygen atoms in total. The van der Waals surface area contributed by atoms with E-state index in [1.165, 1.54) is 23.1 Å². The number of aryl methyl sites for hydroxylation is 1. The Balaban J connectivity index is 1.35. The number of pyridine rings is 1. The highest BCUT2D eigenvalue weighted by molar-refractivity contribution is 8.00. The Kier molecular flexibility index (Phi) is 7.11. The summed E-state index contributed by atoms with van der Waals surface area (Å²) in [5.41, 5.74) is 13.6. The third-order valence-electron chi connectivity index (χ3n) is 6.69. The number of carbonyl (C=O) groups excluding carboxylic acids is 1. The lowest BCUT2D eigenvalue weighted by atomic mass is 10.0. The number of anilines is 3. The lowest BCUT2D eigenvalue weighted by Gasteiger charge is -2.26. The molecule has 200 valence electrons. The van der Waals surface area contributed by atoms with Crippen molar-refractivity contribution in [1.82, 2.24) is 25.4 Å². The number of nitrogens with zero attached hydrogens (tertiary/aromatic N) is 5. The summed E-state index contributed by atoms with van der Waals surface area (Å²) in [4.78, 5) is 42.6. The summed E-state index contributed by atoms with van der Waals surface area (Å²) < 4.78 is 5.56. The normalized spacial score (nSPS) is 18.7. The molecule has 3 atom stereocenters. The molecule has 2 aliphatic heterocycles. The predicted molar refractivity (Wildman–Crippen MR) is 144 cm³/mol. The summed E-state index contributed by atoms with van der Waals surface area (Å²) in [6, 6.07) is -0.186. The lowest BCUT2D eigenvalue weighted by Crippen LogP contribution is -2.38. The molecule has 0 spiro atoms. The molecule has 0 saturated heterocycles. The largest absolute Gasteiger partial charge is 0.496 e. The van der Waals surface area contributed by atoms with Crippen LogP contribution in [0.1, 0.15) is 59.8 Å². The zero-order valence-electron chi connectivity index (χ0n) is 21.3. The second kappa shape index (κ2) is 10.3. The molecule has 5 rings (SSSR count). The number of aliphatic carboxylic acids is 1. The number of methoxy groups -OCH3 is 1. The quantitative estimate of drug-likeness (QED) is 0.299. The van der Waals surface area contributed by atoms with Crippen molar-refractivity contribution in [2.45, 2.75) is 62.4 Å². The number of carboxylic acid groups (broad SMARTS) is 1. The monoisotopic (exact) mass is 556 g/mol. The number of hydrazine groups is 1. The van der Waals surface area contributed by atoms with Crippen LogP contribution in [0.2, 0.25) is 0 Å². The van der Waals surface area contributed by atoms with Gasteiger partial charge in [-0.2, -0.15) is 4.98 Å². The standard InChI is InChI=1S/C24H28N8O4S2/c1-5-12(22(34)35)15-9-37-24(27-15)29-20(33)16-6-13-17-19(28-23(25)30-21(17)38-16)32(31-13)8-14-11(3)18(36-4)10(2)7-26-14/h7,9,12-13,16,31H,5-6,8H2,1-4H3,(H,34,35)(H2,25,28,30)(H,27,29,33). The van der Waals surface area contributed by atoms with Crippen LogP contribution in [0.5, 0.6) is 5.75 Å². The summed E-state index contributed by atoms with van der Waals surface area (Å²) in [6.07, 6.45) is 2.70. The maximum atomic E-state index is 13.2. The Morgan fingerprint density at radius 1 is 1.34 bits per heavy atom. The van der Waals surface area contributed by atoms with E-state index in [0.29, 0.717) is 41.1 Å².